The molecule has 1 aliphatic rings. The molecule has 0 aliphatic carbocycles. The van der Waals surface area contributed by atoms with E-state index < -0.39 is 5.60 Å². The van der Waals surface area contributed by atoms with Crippen molar-refractivity contribution in [2.45, 2.75) is 18.4 Å². The molecule has 0 atom stereocenters. The fraction of sp³-hybridized carbons (Fsp3) is 0.438. The van der Waals surface area contributed by atoms with Gasteiger partial charge in [0.1, 0.15) is 0 Å². The van der Waals surface area contributed by atoms with Crippen molar-refractivity contribution >= 4 is 22.3 Å². The van der Waals surface area contributed by atoms with Crippen LogP contribution in [0.25, 0.3) is 10.9 Å². The molecule has 2 heterocycles. The number of benzene rings is 1. The largest absolute Gasteiger partial charge is 0.396 e. The lowest BCUT2D eigenvalue weighted by molar-refractivity contribution is -0.0572. The predicted molar refractivity (Wildman–Crippen MR) is 84.4 cm³/mol. The van der Waals surface area contributed by atoms with Gasteiger partial charge in [-0.2, -0.15) is 0 Å². The minimum atomic E-state index is -0.718. The fourth-order valence-electron chi connectivity index (χ4n) is 3.00. The molecular weight excluding hydrogens is 266 g/mol. The zero-order chi connectivity index (χ0) is 14.9. The lowest BCUT2D eigenvalue weighted by Crippen LogP contribution is -2.46. The van der Waals surface area contributed by atoms with E-state index in [4.69, 9.17) is 10.5 Å². The number of anilines is 2. The van der Waals surface area contributed by atoms with E-state index in [-0.39, 0.29) is 0 Å². The van der Waals surface area contributed by atoms with E-state index in [9.17, 15) is 5.11 Å². The van der Waals surface area contributed by atoms with Crippen molar-refractivity contribution in [1.82, 2.24) is 4.98 Å². The number of fused-ring (bicyclic) bond motifs is 1. The Balaban J connectivity index is 1.94. The summed E-state index contributed by atoms with van der Waals surface area (Å²) in [5, 5.41) is 11.7. The maximum atomic E-state index is 10.7. The number of hydrogen-bond acceptors (Lipinski definition) is 5. The highest BCUT2D eigenvalue weighted by Gasteiger charge is 2.31. The molecule has 0 amide bonds. The molecule has 21 heavy (non-hydrogen) atoms. The number of rotatable bonds is 3. The van der Waals surface area contributed by atoms with E-state index in [0.29, 0.717) is 38.3 Å². The fourth-order valence-corrected chi connectivity index (χ4v) is 3.00. The quantitative estimate of drug-likeness (QED) is 0.900. The van der Waals surface area contributed by atoms with Crippen LogP contribution in [0, 0.1) is 0 Å². The summed E-state index contributed by atoms with van der Waals surface area (Å²) in [6.07, 6.45) is 2.99. The van der Waals surface area contributed by atoms with Gasteiger partial charge in [-0.25, -0.2) is 0 Å². The maximum Gasteiger partial charge on any atom is 0.0865 e. The van der Waals surface area contributed by atoms with Gasteiger partial charge in [-0.05, 0) is 6.07 Å². The third kappa shape index (κ3) is 2.80. The van der Waals surface area contributed by atoms with Gasteiger partial charge in [0.15, 0.2) is 0 Å². The first-order valence-corrected chi connectivity index (χ1v) is 7.24. The van der Waals surface area contributed by atoms with Crippen LogP contribution in [0.1, 0.15) is 12.8 Å². The Morgan fingerprint density at radius 1 is 1.33 bits per heavy atom. The Kier molecular flexibility index (Phi) is 3.69. The number of hydrogen-bond donors (Lipinski definition) is 2. The molecule has 2 aromatic rings. The van der Waals surface area contributed by atoms with E-state index in [1.54, 1.807) is 6.20 Å². The predicted octanol–water partition coefficient (Wildman–Crippen LogP) is 1.79. The summed E-state index contributed by atoms with van der Waals surface area (Å²) in [6, 6.07) is 7.92. The van der Waals surface area contributed by atoms with Crippen molar-refractivity contribution in [2.24, 2.45) is 0 Å². The van der Waals surface area contributed by atoms with Crippen LogP contribution in [0.2, 0.25) is 0 Å². The Morgan fingerprint density at radius 3 is 2.81 bits per heavy atom. The van der Waals surface area contributed by atoms with E-state index in [0.717, 1.165) is 16.6 Å². The molecule has 0 spiro atoms. The minimum Gasteiger partial charge on any atom is -0.396 e. The second-order valence-electron chi connectivity index (χ2n) is 5.77. The van der Waals surface area contributed by atoms with E-state index in [2.05, 4.69) is 4.98 Å². The van der Waals surface area contributed by atoms with Crippen LogP contribution in [-0.2, 0) is 4.74 Å². The first-order valence-electron chi connectivity index (χ1n) is 7.24. The Hall–Kier alpha value is -1.85. The number of pyridine rings is 1. The minimum absolute atomic E-state index is 0.536. The molecule has 0 radical (unpaired) electrons. The number of para-hydroxylation sites is 1. The summed E-state index contributed by atoms with van der Waals surface area (Å²) in [7, 11) is 1.96. The number of likely N-dealkylation sites (N-methyl/N-ethyl adjacent to an activating group) is 1. The molecule has 112 valence electrons. The van der Waals surface area contributed by atoms with E-state index in [1.807, 2.05) is 36.2 Å². The highest BCUT2D eigenvalue weighted by Crippen LogP contribution is 2.32. The van der Waals surface area contributed by atoms with Crippen molar-refractivity contribution in [1.29, 1.82) is 0 Å². The van der Waals surface area contributed by atoms with Crippen LogP contribution in [0.3, 0.4) is 0 Å². The normalized spacial score (nSPS) is 17.8. The third-order valence-electron chi connectivity index (χ3n) is 4.11. The number of aliphatic hydroxyl groups is 1. The first kappa shape index (κ1) is 14.1. The van der Waals surface area contributed by atoms with Crippen molar-refractivity contribution < 1.29 is 9.84 Å². The molecular formula is C16H21N3O2. The van der Waals surface area contributed by atoms with Gasteiger partial charge in [0.25, 0.3) is 0 Å². The summed E-state index contributed by atoms with van der Waals surface area (Å²) in [5.41, 5.74) is 7.88. The van der Waals surface area contributed by atoms with E-state index >= 15 is 0 Å². The molecule has 1 aromatic heterocycles. The SMILES string of the molecule is CN(CC1(O)CCOCC1)c1c(N)cnc2ccccc12. The van der Waals surface area contributed by atoms with Gasteiger partial charge in [-0.3, -0.25) is 4.98 Å². The van der Waals surface area contributed by atoms with Gasteiger partial charge in [0, 0.05) is 45.0 Å². The van der Waals surface area contributed by atoms with Crippen molar-refractivity contribution in [3.63, 3.8) is 0 Å². The summed E-state index contributed by atoms with van der Waals surface area (Å²) in [4.78, 5) is 6.39. The lowest BCUT2D eigenvalue weighted by atomic mass is 9.93. The summed E-state index contributed by atoms with van der Waals surface area (Å²) >= 11 is 0. The molecule has 5 nitrogen and oxygen atoms in total. The smallest absolute Gasteiger partial charge is 0.0865 e. The Morgan fingerprint density at radius 2 is 2.05 bits per heavy atom. The van der Waals surface area contributed by atoms with Crippen LogP contribution in [0.5, 0.6) is 0 Å². The van der Waals surface area contributed by atoms with Crippen molar-refractivity contribution in [2.75, 3.05) is 37.4 Å². The van der Waals surface area contributed by atoms with Gasteiger partial charge >= 0.3 is 0 Å². The van der Waals surface area contributed by atoms with Gasteiger partial charge < -0.3 is 20.5 Å². The van der Waals surface area contributed by atoms with Gasteiger partial charge in [0.05, 0.1) is 28.7 Å². The molecule has 1 fully saturated rings. The number of ether oxygens (including phenoxy) is 1. The zero-order valence-corrected chi connectivity index (χ0v) is 12.2. The van der Waals surface area contributed by atoms with Crippen LogP contribution < -0.4 is 10.6 Å². The maximum absolute atomic E-state index is 10.7. The van der Waals surface area contributed by atoms with Crippen LogP contribution >= 0.6 is 0 Å². The molecule has 1 aliphatic heterocycles. The Bertz CT molecular complexity index is 638. The number of aromatic nitrogens is 1. The lowest BCUT2D eigenvalue weighted by Gasteiger charge is -2.36. The summed E-state index contributed by atoms with van der Waals surface area (Å²) < 4.78 is 5.33. The molecule has 1 saturated heterocycles. The molecule has 1 aromatic carbocycles. The molecule has 0 saturated carbocycles. The summed E-state index contributed by atoms with van der Waals surface area (Å²) in [5.74, 6) is 0. The Labute approximate surface area is 124 Å². The highest BCUT2D eigenvalue weighted by molar-refractivity contribution is 5.97. The van der Waals surface area contributed by atoms with Gasteiger partial charge in [0.2, 0.25) is 0 Å². The number of nitrogens with zero attached hydrogens (tertiary/aromatic N) is 2. The second kappa shape index (κ2) is 5.50. The molecule has 3 rings (SSSR count). The zero-order valence-electron chi connectivity index (χ0n) is 12.2. The highest BCUT2D eigenvalue weighted by atomic mass is 16.5. The van der Waals surface area contributed by atoms with Crippen LogP contribution in [0.4, 0.5) is 11.4 Å². The molecule has 3 N–H and O–H groups in total. The average Bonchev–Trinajstić information content (AvgIpc) is 2.47. The van der Waals surface area contributed by atoms with Crippen LogP contribution in [-0.4, -0.2) is 42.5 Å². The molecule has 0 bridgehead atoms. The molecule has 0 unspecified atom stereocenters. The van der Waals surface area contributed by atoms with Crippen molar-refractivity contribution in [3.8, 4) is 0 Å². The first-order chi connectivity index (χ1) is 10.1. The standard InChI is InChI=1S/C16H21N3O2/c1-19(11-16(20)6-8-21-9-7-16)15-12-4-2-3-5-14(12)18-10-13(15)17/h2-5,10,20H,6-9,11,17H2,1H3. The number of nitrogen functional groups attached to an aromatic ring is 1. The molecule has 5 heteroatoms. The second-order valence-corrected chi connectivity index (χ2v) is 5.77. The third-order valence-corrected chi connectivity index (χ3v) is 4.11. The topological polar surface area (TPSA) is 71.6 Å². The average molecular weight is 287 g/mol. The van der Waals surface area contributed by atoms with Crippen molar-refractivity contribution in [3.05, 3.63) is 30.5 Å². The monoisotopic (exact) mass is 287 g/mol. The van der Waals surface area contributed by atoms with E-state index in [1.165, 1.54) is 0 Å². The van der Waals surface area contributed by atoms with Gasteiger partial charge in [-0.1, -0.05) is 18.2 Å². The van der Waals surface area contributed by atoms with Gasteiger partial charge in [-0.15, -0.1) is 0 Å². The van der Waals surface area contributed by atoms with Crippen LogP contribution in [0.15, 0.2) is 30.5 Å². The number of nitrogens with two attached hydrogens (primary N) is 1. The summed E-state index contributed by atoms with van der Waals surface area (Å²) in [6.45, 7) is 1.75.